The smallest absolute Gasteiger partial charge is 0.337 e. The predicted molar refractivity (Wildman–Crippen MR) is 59.8 cm³/mol. The summed E-state index contributed by atoms with van der Waals surface area (Å²) in [5.41, 5.74) is 0. The minimum atomic E-state index is -2.27. The van der Waals surface area contributed by atoms with E-state index in [0.29, 0.717) is 0 Å². The van der Waals surface area contributed by atoms with Gasteiger partial charge in [0.2, 0.25) is 0 Å². The van der Waals surface area contributed by atoms with Crippen LogP contribution in [0.3, 0.4) is 0 Å². The first kappa shape index (κ1) is 15.2. The van der Waals surface area contributed by atoms with Gasteiger partial charge >= 0.3 is 5.97 Å². The van der Waals surface area contributed by atoms with Crippen molar-refractivity contribution in [3.63, 3.8) is 0 Å². The first-order valence-electron chi connectivity index (χ1n) is 5.13. The van der Waals surface area contributed by atoms with Crippen LogP contribution < -0.4 is 0 Å². The van der Waals surface area contributed by atoms with Crippen LogP contribution in [0.2, 0.25) is 0 Å². The lowest BCUT2D eigenvalue weighted by Crippen LogP contribution is -2.51. The predicted octanol–water partition coefficient (Wildman–Crippen LogP) is -2.87. The van der Waals surface area contributed by atoms with Crippen LogP contribution in [0.1, 0.15) is 1.37 Å². The number of methoxy groups -OCH3 is 1. The van der Waals surface area contributed by atoms with Crippen LogP contribution in [0.4, 0.5) is 0 Å². The second-order valence-corrected chi connectivity index (χ2v) is 4.19. The molecule has 0 radical (unpaired) electrons. The Balaban J connectivity index is 4.81. The maximum atomic E-state index is 11.4. The molecule has 0 saturated carbocycles. The second kappa shape index (κ2) is 7.54. The molecule has 0 spiro atoms. The van der Waals surface area contributed by atoms with Gasteiger partial charge < -0.3 is 30.0 Å². The number of aldehydes is 1. The fraction of sp³-hybridized carbons (Fsp3) is 0.667. The van der Waals surface area contributed by atoms with Gasteiger partial charge in [-0.05, 0) is 0 Å². The summed E-state index contributed by atoms with van der Waals surface area (Å²) in [5.74, 6) is -2.57. The van der Waals surface area contributed by atoms with E-state index in [2.05, 4.69) is 20.7 Å². The number of aliphatic hydroxyl groups excluding tert-OH is 4. The average molecular weight is 330 g/mol. The zero-order valence-electron chi connectivity index (χ0n) is 10.2. The molecule has 0 aromatic rings. The van der Waals surface area contributed by atoms with E-state index in [1.165, 1.54) is 0 Å². The lowest BCUT2D eigenvalue weighted by molar-refractivity contribution is -0.168. The fourth-order valence-corrected chi connectivity index (χ4v) is 1.28. The summed E-state index contributed by atoms with van der Waals surface area (Å²) >= 11 is 2.51. The Hall–Kier alpha value is -0.870. The van der Waals surface area contributed by atoms with E-state index in [9.17, 15) is 34.8 Å². The lowest BCUT2D eigenvalue weighted by atomic mass is 9.99. The van der Waals surface area contributed by atoms with Crippen molar-refractivity contribution >= 4 is 33.9 Å². The highest BCUT2D eigenvalue weighted by atomic mass is 79.9. The number of esters is 1. The third-order valence-electron chi connectivity index (χ3n) is 2.08. The van der Waals surface area contributed by atoms with Crippen molar-refractivity contribution in [3.05, 3.63) is 0 Å². The van der Waals surface area contributed by atoms with Gasteiger partial charge in [-0.2, -0.15) is 0 Å². The number of carbonyl (C=O) groups excluding carboxylic acids is 3. The Morgan fingerprint density at radius 1 is 1.22 bits per heavy atom. The van der Waals surface area contributed by atoms with Crippen LogP contribution in [0.25, 0.3) is 0 Å². The van der Waals surface area contributed by atoms with Gasteiger partial charge in [-0.15, -0.1) is 0 Å². The van der Waals surface area contributed by atoms with Crippen molar-refractivity contribution in [3.8, 4) is 0 Å². The van der Waals surface area contributed by atoms with E-state index in [0.717, 1.165) is 7.11 Å². The van der Waals surface area contributed by atoms with E-state index < -0.39 is 47.3 Å². The van der Waals surface area contributed by atoms with Gasteiger partial charge in [0.25, 0.3) is 0 Å². The number of ether oxygens (including phenoxy) is 1. The van der Waals surface area contributed by atoms with E-state index in [1.54, 1.807) is 0 Å². The van der Waals surface area contributed by atoms with Crippen molar-refractivity contribution < 1.29 is 40.9 Å². The highest BCUT2D eigenvalue weighted by Crippen LogP contribution is 2.11. The fourth-order valence-electron chi connectivity index (χ4n) is 1.01. The molecule has 0 fully saturated rings. The molecule has 9 heteroatoms. The van der Waals surface area contributed by atoms with Gasteiger partial charge in [0, 0.05) is 0 Å². The average Bonchev–Trinajstić information content (AvgIpc) is 2.40. The topological polar surface area (TPSA) is 141 Å². The third-order valence-corrected chi connectivity index (χ3v) is 2.72. The molecule has 104 valence electrons. The number of ketones is 1. The lowest BCUT2D eigenvalue weighted by Gasteiger charge is -2.24. The first-order chi connectivity index (χ1) is 8.64. The highest BCUT2D eigenvalue weighted by Gasteiger charge is 2.39. The van der Waals surface area contributed by atoms with Crippen LogP contribution >= 0.6 is 15.9 Å². The molecule has 0 heterocycles. The number of halogens is 1. The standard InChI is InChI=1S/C9H13BrO8/c1-18-9(17)8(16)7(15)6(14)5(13)4(12)3(10)2-11/h2-3,5-8,13-16H,1H3/t3?,5-,6+,7-,8-/m0/s1/i2D. The van der Waals surface area contributed by atoms with Crippen molar-refractivity contribution in [2.45, 2.75) is 29.2 Å². The number of aliphatic hydroxyl groups is 4. The van der Waals surface area contributed by atoms with Gasteiger partial charge in [-0.25, -0.2) is 4.79 Å². The Morgan fingerprint density at radius 3 is 2.06 bits per heavy atom. The molecule has 0 aliphatic carbocycles. The number of hydrogen-bond acceptors (Lipinski definition) is 8. The summed E-state index contributed by atoms with van der Waals surface area (Å²) in [6, 6.07) is 0. The van der Waals surface area contributed by atoms with E-state index in [4.69, 9.17) is 1.37 Å². The molecule has 0 aromatic carbocycles. The van der Waals surface area contributed by atoms with Gasteiger partial charge in [0.15, 0.2) is 11.9 Å². The molecule has 8 nitrogen and oxygen atoms in total. The molecule has 1 unspecified atom stereocenters. The van der Waals surface area contributed by atoms with Crippen molar-refractivity contribution in [2.24, 2.45) is 0 Å². The third kappa shape index (κ3) is 4.10. The molecule has 0 amide bonds. The first-order valence-corrected chi connectivity index (χ1v) is 5.55. The number of carbonyl (C=O) groups is 3. The molecule has 18 heavy (non-hydrogen) atoms. The zero-order valence-corrected chi connectivity index (χ0v) is 10.8. The molecule has 0 aliphatic rings. The van der Waals surface area contributed by atoms with Crippen molar-refractivity contribution in [1.29, 1.82) is 0 Å². The highest BCUT2D eigenvalue weighted by molar-refractivity contribution is 9.10. The summed E-state index contributed by atoms with van der Waals surface area (Å²) in [7, 11) is 0.916. The van der Waals surface area contributed by atoms with Crippen LogP contribution in [0, 0.1) is 0 Å². The summed E-state index contributed by atoms with van der Waals surface area (Å²) in [4.78, 5) is 31.2. The van der Waals surface area contributed by atoms with Crippen molar-refractivity contribution in [2.75, 3.05) is 7.11 Å². The maximum absolute atomic E-state index is 11.4. The second-order valence-electron chi connectivity index (χ2n) is 3.28. The number of Topliss-reactive ketones (excluding diaryl/α,β-unsaturated/α-hetero) is 1. The zero-order chi connectivity index (χ0) is 15.3. The summed E-state index contributed by atoms with van der Waals surface area (Å²) < 4.78 is 10.7. The molecular weight excluding hydrogens is 316 g/mol. The quantitative estimate of drug-likeness (QED) is 0.169. The van der Waals surface area contributed by atoms with Crippen LogP contribution in [-0.2, 0) is 19.1 Å². The Bertz CT molecular complexity index is 362. The van der Waals surface area contributed by atoms with Crippen LogP contribution in [0.15, 0.2) is 0 Å². The minimum Gasteiger partial charge on any atom is -0.467 e. The van der Waals surface area contributed by atoms with Crippen molar-refractivity contribution in [1.82, 2.24) is 0 Å². The number of alkyl halides is 1. The molecule has 0 bridgehead atoms. The van der Waals surface area contributed by atoms with Gasteiger partial charge in [0.05, 0.1) is 7.11 Å². The van der Waals surface area contributed by atoms with Gasteiger partial charge in [-0.1, -0.05) is 15.9 Å². The van der Waals surface area contributed by atoms with Gasteiger partial charge in [0.1, 0.15) is 30.8 Å². The minimum absolute atomic E-state index is 0.916. The molecule has 5 atom stereocenters. The SMILES string of the molecule is [2H]C(=O)C(Br)C(=O)[C@H](O)[C@@H](O)[C@H](O)[C@H](O)C(=O)OC. The van der Waals surface area contributed by atoms with Gasteiger partial charge in [-0.3, -0.25) is 4.79 Å². The number of rotatable bonds is 7. The van der Waals surface area contributed by atoms with Crippen LogP contribution in [0.5, 0.6) is 0 Å². The molecule has 0 rings (SSSR count). The molecule has 0 saturated heterocycles. The van der Waals surface area contributed by atoms with E-state index >= 15 is 0 Å². The molecular formula is C9H13BrO8. The largest absolute Gasteiger partial charge is 0.467 e. The van der Waals surface area contributed by atoms with E-state index in [1.807, 2.05) is 0 Å². The molecule has 4 N–H and O–H groups in total. The Morgan fingerprint density at radius 2 is 1.67 bits per heavy atom. The Kier molecular flexibility index (Phi) is 6.36. The monoisotopic (exact) mass is 329 g/mol. The molecule has 0 aliphatic heterocycles. The number of hydrogen-bond donors (Lipinski definition) is 4. The molecule has 0 aromatic heterocycles. The maximum Gasteiger partial charge on any atom is 0.337 e. The Labute approximate surface area is 112 Å². The van der Waals surface area contributed by atoms with Crippen LogP contribution in [-0.4, -0.2) is 74.8 Å². The normalized spacial score (nSPS) is 20.0. The summed E-state index contributed by atoms with van der Waals surface area (Å²) in [6.45, 7) is 0. The van der Waals surface area contributed by atoms with E-state index in [-0.39, 0.29) is 0 Å². The summed E-state index contributed by atoms with van der Waals surface area (Å²) in [6.07, 6.45) is -10.2. The summed E-state index contributed by atoms with van der Waals surface area (Å²) in [5, 5.41) is 37.4.